The van der Waals surface area contributed by atoms with Crippen molar-refractivity contribution in [2.75, 3.05) is 11.9 Å². The van der Waals surface area contributed by atoms with Crippen LogP contribution in [0.3, 0.4) is 0 Å². The van der Waals surface area contributed by atoms with Gasteiger partial charge in [-0.15, -0.1) is 0 Å². The summed E-state index contributed by atoms with van der Waals surface area (Å²) in [4.78, 5) is 2.36. The molecule has 1 atom stereocenters. The summed E-state index contributed by atoms with van der Waals surface area (Å²) in [6.07, 6.45) is 1.12. The number of nitrogens with zero attached hydrogens (tertiary/aromatic N) is 1. The van der Waals surface area contributed by atoms with E-state index in [0.29, 0.717) is 5.92 Å². The van der Waals surface area contributed by atoms with Crippen LogP contribution in [0.25, 0.3) is 0 Å². The first kappa shape index (κ1) is 11.3. The van der Waals surface area contributed by atoms with E-state index >= 15 is 0 Å². The van der Waals surface area contributed by atoms with Crippen molar-refractivity contribution in [1.29, 1.82) is 0 Å². The number of hydrogen-bond donors (Lipinski definition) is 0. The van der Waals surface area contributed by atoms with Crippen molar-refractivity contribution in [2.24, 2.45) is 0 Å². The fourth-order valence-corrected chi connectivity index (χ4v) is 3.00. The molecule has 1 unspecified atom stereocenters. The molecule has 0 N–H and O–H groups in total. The van der Waals surface area contributed by atoms with E-state index in [-0.39, 0.29) is 0 Å². The van der Waals surface area contributed by atoms with Crippen molar-refractivity contribution in [3.63, 3.8) is 0 Å². The van der Waals surface area contributed by atoms with Gasteiger partial charge in [0.05, 0.1) is 0 Å². The van der Waals surface area contributed by atoms with Crippen molar-refractivity contribution < 1.29 is 0 Å². The van der Waals surface area contributed by atoms with E-state index in [9.17, 15) is 0 Å². The molecule has 1 nitrogen and oxygen atoms in total. The molecule has 1 heterocycles. The van der Waals surface area contributed by atoms with Crippen LogP contribution in [-0.4, -0.2) is 7.05 Å². The molecule has 0 fully saturated rings. The molecule has 92 valence electrons. The summed E-state index contributed by atoms with van der Waals surface area (Å²) in [6.45, 7) is 3.33. The van der Waals surface area contributed by atoms with Gasteiger partial charge < -0.3 is 4.90 Å². The molecule has 0 saturated heterocycles. The topological polar surface area (TPSA) is 3.24 Å². The molecule has 3 rings (SSSR count). The van der Waals surface area contributed by atoms with Gasteiger partial charge in [-0.2, -0.15) is 0 Å². The highest BCUT2D eigenvalue weighted by atomic mass is 15.1. The first-order chi connectivity index (χ1) is 8.75. The summed E-state index contributed by atoms with van der Waals surface area (Å²) in [5.41, 5.74) is 5.79. The Morgan fingerprint density at radius 1 is 0.944 bits per heavy atom. The Balaban J connectivity index is 2.09. The second-order valence-corrected chi connectivity index (χ2v) is 5.29. The molecule has 0 saturated carbocycles. The predicted molar refractivity (Wildman–Crippen MR) is 77.1 cm³/mol. The summed E-state index contributed by atoms with van der Waals surface area (Å²) in [5, 5.41) is 0. The minimum atomic E-state index is 0.594. The van der Waals surface area contributed by atoms with Crippen molar-refractivity contribution in [3.05, 3.63) is 65.2 Å². The van der Waals surface area contributed by atoms with Gasteiger partial charge in [0.1, 0.15) is 0 Å². The molecule has 0 amide bonds. The fraction of sp³-hybridized carbons (Fsp3) is 0.294. The molecule has 0 spiro atoms. The van der Waals surface area contributed by atoms with Gasteiger partial charge in [-0.1, -0.05) is 49.4 Å². The molecule has 1 aliphatic heterocycles. The molecule has 0 aliphatic carbocycles. The maximum absolute atomic E-state index is 2.36. The lowest BCUT2D eigenvalue weighted by Gasteiger charge is -2.29. The Labute approximate surface area is 109 Å². The second-order valence-electron chi connectivity index (χ2n) is 5.29. The molecule has 2 aromatic carbocycles. The SMILES string of the molecule is CC1Cc2ccccc2N(C)Cc2ccccc21. The molecule has 2 aromatic rings. The van der Waals surface area contributed by atoms with Crippen LogP contribution in [0.2, 0.25) is 0 Å². The van der Waals surface area contributed by atoms with E-state index in [0.717, 1.165) is 13.0 Å². The normalized spacial score (nSPS) is 18.6. The van der Waals surface area contributed by atoms with Gasteiger partial charge in [-0.3, -0.25) is 0 Å². The number of rotatable bonds is 0. The van der Waals surface area contributed by atoms with Gasteiger partial charge in [-0.05, 0) is 35.1 Å². The highest BCUT2D eigenvalue weighted by Crippen LogP contribution is 2.32. The van der Waals surface area contributed by atoms with Crippen LogP contribution in [0, 0.1) is 0 Å². The van der Waals surface area contributed by atoms with Crippen LogP contribution in [-0.2, 0) is 13.0 Å². The van der Waals surface area contributed by atoms with Crippen LogP contribution >= 0.6 is 0 Å². The van der Waals surface area contributed by atoms with Gasteiger partial charge in [0.2, 0.25) is 0 Å². The lowest BCUT2D eigenvalue weighted by Crippen LogP contribution is -2.22. The van der Waals surface area contributed by atoms with Crippen LogP contribution in [0.5, 0.6) is 0 Å². The number of hydrogen-bond acceptors (Lipinski definition) is 1. The first-order valence-electron chi connectivity index (χ1n) is 6.62. The summed E-state index contributed by atoms with van der Waals surface area (Å²) in [6, 6.07) is 17.6. The summed E-state index contributed by atoms with van der Waals surface area (Å²) < 4.78 is 0. The number of benzene rings is 2. The standard InChI is InChI=1S/C17H19N/c1-13-11-14-7-4-6-10-17(14)18(2)12-15-8-3-5-9-16(13)15/h3-10,13H,11-12H2,1-2H3. The Morgan fingerprint density at radius 3 is 2.44 bits per heavy atom. The smallest absolute Gasteiger partial charge is 0.0429 e. The largest absolute Gasteiger partial charge is 0.370 e. The van der Waals surface area contributed by atoms with Gasteiger partial charge in [0, 0.05) is 19.3 Å². The van der Waals surface area contributed by atoms with Crippen LogP contribution in [0.1, 0.15) is 29.5 Å². The third-order valence-electron chi connectivity index (χ3n) is 3.92. The van der Waals surface area contributed by atoms with Crippen molar-refractivity contribution >= 4 is 5.69 Å². The molecule has 18 heavy (non-hydrogen) atoms. The van der Waals surface area contributed by atoms with Gasteiger partial charge >= 0.3 is 0 Å². The minimum absolute atomic E-state index is 0.594. The van der Waals surface area contributed by atoms with E-state index in [1.807, 2.05) is 0 Å². The van der Waals surface area contributed by atoms with Crippen LogP contribution in [0.15, 0.2) is 48.5 Å². The fourth-order valence-electron chi connectivity index (χ4n) is 3.00. The summed E-state index contributed by atoms with van der Waals surface area (Å²) in [5.74, 6) is 0.594. The lowest BCUT2D eigenvalue weighted by molar-refractivity contribution is 0.721. The van der Waals surface area contributed by atoms with E-state index in [2.05, 4.69) is 67.4 Å². The quantitative estimate of drug-likeness (QED) is 0.670. The summed E-state index contributed by atoms with van der Waals surface area (Å²) >= 11 is 0. The molecule has 0 aromatic heterocycles. The maximum Gasteiger partial charge on any atom is 0.0429 e. The van der Waals surface area contributed by atoms with E-state index in [4.69, 9.17) is 0 Å². The molecule has 0 bridgehead atoms. The zero-order valence-electron chi connectivity index (χ0n) is 11.1. The Bertz CT molecular complexity index is 508. The van der Waals surface area contributed by atoms with Crippen molar-refractivity contribution in [1.82, 2.24) is 0 Å². The Morgan fingerprint density at radius 2 is 1.61 bits per heavy atom. The zero-order valence-corrected chi connectivity index (χ0v) is 11.1. The Hall–Kier alpha value is -1.76. The highest BCUT2D eigenvalue weighted by molar-refractivity contribution is 5.55. The Kier molecular flexibility index (Phi) is 2.83. The third kappa shape index (κ3) is 1.90. The minimum Gasteiger partial charge on any atom is -0.370 e. The summed E-state index contributed by atoms with van der Waals surface area (Å²) in [7, 11) is 2.19. The zero-order chi connectivity index (χ0) is 12.5. The van der Waals surface area contributed by atoms with Crippen LogP contribution in [0.4, 0.5) is 5.69 Å². The number of para-hydroxylation sites is 1. The van der Waals surface area contributed by atoms with Gasteiger partial charge in [-0.25, -0.2) is 0 Å². The maximum atomic E-state index is 2.36. The highest BCUT2D eigenvalue weighted by Gasteiger charge is 2.18. The van der Waals surface area contributed by atoms with Gasteiger partial charge in [0.15, 0.2) is 0 Å². The number of anilines is 1. The molecular weight excluding hydrogens is 218 g/mol. The van der Waals surface area contributed by atoms with Crippen molar-refractivity contribution in [3.8, 4) is 0 Å². The molecule has 0 radical (unpaired) electrons. The molecule has 1 aliphatic rings. The average Bonchev–Trinajstić information content (AvgIpc) is 2.38. The second kappa shape index (κ2) is 4.49. The lowest BCUT2D eigenvalue weighted by atomic mass is 9.88. The average molecular weight is 237 g/mol. The molecular formula is C17H19N. The van der Waals surface area contributed by atoms with E-state index < -0.39 is 0 Å². The monoisotopic (exact) mass is 237 g/mol. The third-order valence-corrected chi connectivity index (χ3v) is 3.92. The van der Waals surface area contributed by atoms with Crippen LogP contribution < -0.4 is 4.90 Å². The van der Waals surface area contributed by atoms with E-state index in [1.54, 1.807) is 0 Å². The van der Waals surface area contributed by atoms with Crippen molar-refractivity contribution in [2.45, 2.75) is 25.8 Å². The number of fused-ring (bicyclic) bond motifs is 2. The molecule has 1 heteroatoms. The van der Waals surface area contributed by atoms with Gasteiger partial charge in [0.25, 0.3) is 0 Å². The first-order valence-corrected chi connectivity index (χ1v) is 6.62. The van der Waals surface area contributed by atoms with E-state index in [1.165, 1.54) is 22.4 Å². The predicted octanol–water partition coefficient (Wildman–Crippen LogP) is 3.98.